The normalized spacial score (nSPS) is 20.2. The maximum absolute atomic E-state index is 13.0. The van der Waals surface area contributed by atoms with Crippen LogP contribution in [-0.4, -0.2) is 48.0 Å². The fraction of sp³-hybridized carbons (Fsp3) is 0.455. The fourth-order valence-electron chi connectivity index (χ4n) is 4.26. The van der Waals surface area contributed by atoms with E-state index < -0.39 is 11.7 Å². The van der Waals surface area contributed by atoms with Crippen LogP contribution in [0.3, 0.4) is 0 Å². The molecule has 2 aromatic rings. The highest BCUT2D eigenvalue weighted by Crippen LogP contribution is 2.35. The number of nitrogens with one attached hydrogen (secondary N) is 1. The van der Waals surface area contributed by atoms with Crippen molar-refractivity contribution in [1.29, 1.82) is 0 Å². The molecule has 5 nitrogen and oxygen atoms in total. The van der Waals surface area contributed by atoms with Gasteiger partial charge in [-0.1, -0.05) is 29.8 Å². The van der Waals surface area contributed by atoms with E-state index in [-0.39, 0.29) is 22.9 Å². The summed E-state index contributed by atoms with van der Waals surface area (Å²) in [5.41, 5.74) is 0.190. The third-order valence-corrected chi connectivity index (χ3v) is 6.22. The number of likely N-dealkylation sites (tertiary alicyclic amines) is 1. The molecule has 2 aliphatic heterocycles. The van der Waals surface area contributed by atoms with Gasteiger partial charge in [0.15, 0.2) is 0 Å². The highest BCUT2D eigenvalue weighted by atomic mass is 35.5. The summed E-state index contributed by atoms with van der Waals surface area (Å²) >= 11 is 6.07. The molecule has 166 valence electrons. The summed E-state index contributed by atoms with van der Waals surface area (Å²) in [5.74, 6) is 0.414. The lowest BCUT2D eigenvalue weighted by Crippen LogP contribution is -2.42. The average molecular weight is 453 g/mol. The zero-order valence-electron chi connectivity index (χ0n) is 16.9. The number of hydrogen-bond donors (Lipinski definition) is 1. The summed E-state index contributed by atoms with van der Waals surface area (Å²) < 4.78 is 38.5. The number of halogens is 4. The number of benzene rings is 1. The summed E-state index contributed by atoms with van der Waals surface area (Å²) in [6, 6.07) is 11.1. The Morgan fingerprint density at radius 3 is 2.45 bits per heavy atom. The monoisotopic (exact) mass is 452 g/mol. The highest BCUT2D eigenvalue weighted by molar-refractivity contribution is 6.33. The van der Waals surface area contributed by atoms with E-state index in [1.807, 2.05) is 40.1 Å². The Morgan fingerprint density at radius 2 is 1.81 bits per heavy atom. The van der Waals surface area contributed by atoms with Gasteiger partial charge in [0.2, 0.25) is 5.91 Å². The largest absolute Gasteiger partial charge is 0.417 e. The van der Waals surface area contributed by atoms with Gasteiger partial charge in [-0.15, -0.1) is 0 Å². The van der Waals surface area contributed by atoms with Crippen LogP contribution in [0, 0.1) is 5.92 Å². The number of rotatable bonds is 4. The number of pyridine rings is 1. The number of nitrogens with zero attached hydrogens (tertiary/aromatic N) is 3. The van der Waals surface area contributed by atoms with Crippen LogP contribution >= 0.6 is 11.6 Å². The van der Waals surface area contributed by atoms with Crippen LogP contribution < -0.4 is 10.2 Å². The second kappa shape index (κ2) is 8.94. The molecule has 4 rings (SSSR count). The van der Waals surface area contributed by atoms with Crippen molar-refractivity contribution in [2.45, 2.75) is 31.5 Å². The molecule has 9 heteroatoms. The zero-order valence-corrected chi connectivity index (χ0v) is 17.7. The predicted molar refractivity (Wildman–Crippen MR) is 114 cm³/mol. The molecule has 0 bridgehead atoms. The van der Waals surface area contributed by atoms with Crippen molar-refractivity contribution in [3.63, 3.8) is 0 Å². The van der Waals surface area contributed by atoms with Gasteiger partial charge in [-0.25, -0.2) is 4.98 Å². The van der Waals surface area contributed by atoms with Gasteiger partial charge in [-0.2, -0.15) is 13.2 Å². The summed E-state index contributed by atoms with van der Waals surface area (Å²) in [6.45, 7) is 2.48. The minimum absolute atomic E-state index is 0.0195. The Kier molecular flexibility index (Phi) is 6.27. The van der Waals surface area contributed by atoms with Crippen LogP contribution in [0.5, 0.6) is 0 Å². The molecule has 1 atom stereocenters. The molecule has 1 N–H and O–H groups in total. The minimum atomic E-state index is -4.47. The lowest BCUT2D eigenvalue weighted by atomic mass is 9.95. The van der Waals surface area contributed by atoms with Crippen molar-refractivity contribution in [2.24, 2.45) is 5.92 Å². The van der Waals surface area contributed by atoms with Crippen LogP contribution in [0.25, 0.3) is 0 Å². The lowest BCUT2D eigenvalue weighted by molar-refractivity contribution is -0.138. The third kappa shape index (κ3) is 5.06. The van der Waals surface area contributed by atoms with E-state index in [0.717, 1.165) is 30.9 Å². The minimum Gasteiger partial charge on any atom is -0.380 e. The van der Waals surface area contributed by atoms with Gasteiger partial charge in [0.25, 0.3) is 0 Å². The number of aromatic nitrogens is 1. The van der Waals surface area contributed by atoms with E-state index in [0.29, 0.717) is 38.3 Å². The van der Waals surface area contributed by atoms with Crippen LogP contribution in [0.2, 0.25) is 5.02 Å². The van der Waals surface area contributed by atoms with Crippen LogP contribution in [-0.2, 0) is 11.0 Å². The van der Waals surface area contributed by atoms with Gasteiger partial charge in [0.05, 0.1) is 10.6 Å². The van der Waals surface area contributed by atoms with E-state index >= 15 is 0 Å². The Bertz CT molecular complexity index is 917. The quantitative estimate of drug-likeness (QED) is 0.731. The zero-order chi connectivity index (χ0) is 22.0. The molecule has 1 unspecified atom stereocenters. The van der Waals surface area contributed by atoms with Gasteiger partial charge in [0, 0.05) is 50.0 Å². The summed E-state index contributed by atoms with van der Waals surface area (Å²) in [7, 11) is 0. The number of amides is 1. The molecular formula is C22H24ClF3N4O. The average Bonchev–Trinajstić information content (AvgIpc) is 3.22. The predicted octanol–water partition coefficient (Wildman–Crippen LogP) is 4.68. The van der Waals surface area contributed by atoms with Crippen LogP contribution in [0.15, 0.2) is 42.6 Å². The topological polar surface area (TPSA) is 48.5 Å². The molecule has 1 aromatic heterocycles. The van der Waals surface area contributed by atoms with Crippen molar-refractivity contribution in [3.05, 3.63) is 53.2 Å². The Hall–Kier alpha value is -2.48. The molecule has 0 radical (unpaired) electrons. The molecule has 2 fully saturated rings. The van der Waals surface area contributed by atoms with E-state index in [4.69, 9.17) is 11.6 Å². The van der Waals surface area contributed by atoms with Crippen LogP contribution in [0.4, 0.5) is 24.7 Å². The van der Waals surface area contributed by atoms with Crippen LogP contribution in [0.1, 0.15) is 24.8 Å². The molecule has 2 saturated heterocycles. The van der Waals surface area contributed by atoms with E-state index in [1.54, 1.807) is 0 Å². The number of piperidine rings is 1. The number of hydrogen-bond acceptors (Lipinski definition) is 4. The third-order valence-electron chi connectivity index (χ3n) is 5.94. The molecule has 1 amide bonds. The SMILES string of the molecule is O=C(C1CCN(c2ncc(C(F)(F)F)cc2Cl)CC1)N1CCC(Nc2ccccc2)C1. The molecule has 31 heavy (non-hydrogen) atoms. The van der Waals surface area contributed by atoms with Gasteiger partial charge in [0.1, 0.15) is 5.82 Å². The molecule has 1 aromatic carbocycles. The number of carbonyl (C=O) groups is 1. The van der Waals surface area contributed by atoms with Gasteiger partial charge >= 0.3 is 6.18 Å². The maximum atomic E-state index is 13.0. The number of anilines is 2. The van der Waals surface area contributed by atoms with Gasteiger partial charge < -0.3 is 15.1 Å². The summed E-state index contributed by atoms with van der Waals surface area (Å²) in [4.78, 5) is 20.7. The smallest absolute Gasteiger partial charge is 0.380 e. The van der Waals surface area contributed by atoms with Gasteiger partial charge in [-0.3, -0.25) is 4.79 Å². The Labute approximate surface area is 184 Å². The van der Waals surface area contributed by atoms with E-state index in [1.165, 1.54) is 0 Å². The summed E-state index contributed by atoms with van der Waals surface area (Å²) in [6.07, 6.45) is -1.50. The first-order valence-electron chi connectivity index (χ1n) is 10.4. The molecule has 3 heterocycles. The molecule has 0 saturated carbocycles. The van der Waals surface area contributed by atoms with E-state index in [2.05, 4.69) is 10.3 Å². The molecule has 0 spiro atoms. The highest BCUT2D eigenvalue weighted by Gasteiger charge is 2.35. The Balaban J connectivity index is 1.30. The molecular weight excluding hydrogens is 429 g/mol. The van der Waals surface area contributed by atoms with Crippen molar-refractivity contribution in [2.75, 3.05) is 36.4 Å². The molecule has 2 aliphatic rings. The number of alkyl halides is 3. The van der Waals surface area contributed by atoms with E-state index in [9.17, 15) is 18.0 Å². The second-order valence-corrected chi connectivity index (χ2v) is 8.48. The van der Waals surface area contributed by atoms with Crippen molar-refractivity contribution in [3.8, 4) is 0 Å². The van der Waals surface area contributed by atoms with Gasteiger partial charge in [-0.05, 0) is 37.5 Å². The summed E-state index contributed by atoms with van der Waals surface area (Å²) in [5, 5.41) is 3.45. The lowest BCUT2D eigenvalue weighted by Gasteiger charge is -2.34. The fourth-order valence-corrected chi connectivity index (χ4v) is 4.55. The number of para-hydroxylation sites is 1. The van der Waals surface area contributed by atoms with Crippen molar-refractivity contribution < 1.29 is 18.0 Å². The standard InChI is InChI=1S/C22H24ClF3N4O/c23-19-12-16(22(24,25)26)13-27-20(19)29-9-6-15(7-10-29)21(31)30-11-8-18(14-30)28-17-4-2-1-3-5-17/h1-5,12-13,15,18,28H,6-11,14H2. The van der Waals surface area contributed by atoms with Crippen molar-refractivity contribution in [1.82, 2.24) is 9.88 Å². The maximum Gasteiger partial charge on any atom is 0.417 e. The first-order valence-corrected chi connectivity index (χ1v) is 10.8. The molecule has 0 aliphatic carbocycles. The van der Waals surface area contributed by atoms with Crippen molar-refractivity contribution >= 4 is 29.0 Å². The first-order chi connectivity index (χ1) is 14.8. The Morgan fingerprint density at radius 1 is 1.10 bits per heavy atom. The first kappa shape index (κ1) is 21.7. The number of carbonyl (C=O) groups excluding carboxylic acids is 1. The second-order valence-electron chi connectivity index (χ2n) is 8.07.